The summed E-state index contributed by atoms with van der Waals surface area (Å²) < 4.78 is 18.1. The Balaban J connectivity index is 1.78. The Morgan fingerprint density at radius 2 is 1.97 bits per heavy atom. The Hall–Kier alpha value is -2.69. The average Bonchev–Trinajstić information content (AvgIpc) is 2.92. The number of rotatable bonds is 8. The Kier molecular flexibility index (Phi) is 6.06. The van der Waals surface area contributed by atoms with Crippen molar-refractivity contribution in [2.24, 2.45) is 0 Å². The number of carboxylic acids is 1. The minimum Gasteiger partial charge on any atom is -0.491 e. The second kappa shape index (κ2) is 8.36. The van der Waals surface area contributed by atoms with Crippen molar-refractivity contribution in [1.82, 2.24) is 0 Å². The van der Waals surface area contributed by atoms with Gasteiger partial charge in [0.1, 0.15) is 29.5 Å². The zero-order valence-electron chi connectivity index (χ0n) is 17.9. The number of hydrogen-bond donors (Lipinski definition) is 1. The summed E-state index contributed by atoms with van der Waals surface area (Å²) in [7, 11) is 0. The Labute approximate surface area is 172 Å². The van der Waals surface area contributed by atoms with Crippen LogP contribution in [-0.4, -0.2) is 22.8 Å². The number of aliphatic carboxylic acids is 1. The van der Waals surface area contributed by atoms with Crippen LogP contribution in [0.3, 0.4) is 0 Å². The van der Waals surface area contributed by atoms with Crippen molar-refractivity contribution >= 4 is 5.97 Å². The average molecular weight is 398 g/mol. The number of benzene rings is 2. The first-order valence-corrected chi connectivity index (χ1v) is 10.1. The molecule has 2 aromatic carbocycles. The molecule has 5 heteroatoms. The van der Waals surface area contributed by atoms with Gasteiger partial charge in [-0.25, -0.2) is 0 Å². The summed E-state index contributed by atoms with van der Waals surface area (Å²) in [6.07, 6.45) is 1.37. The van der Waals surface area contributed by atoms with Gasteiger partial charge in [-0.05, 0) is 64.3 Å². The van der Waals surface area contributed by atoms with Gasteiger partial charge >= 0.3 is 5.97 Å². The van der Waals surface area contributed by atoms with E-state index in [-0.39, 0.29) is 18.1 Å². The van der Waals surface area contributed by atoms with Crippen LogP contribution >= 0.6 is 0 Å². The molecule has 156 valence electrons. The minimum absolute atomic E-state index is 0.00972. The number of carboxylic acid groups (broad SMARTS) is 1. The summed E-state index contributed by atoms with van der Waals surface area (Å²) in [6.45, 7) is 10.6. The van der Waals surface area contributed by atoms with Crippen molar-refractivity contribution in [3.05, 3.63) is 52.6 Å². The summed E-state index contributed by atoms with van der Waals surface area (Å²) in [5.41, 5.74) is 4.12. The molecule has 0 radical (unpaired) electrons. The highest BCUT2D eigenvalue weighted by Crippen LogP contribution is 2.39. The van der Waals surface area contributed by atoms with Crippen LogP contribution in [0.4, 0.5) is 0 Å². The second-order valence-corrected chi connectivity index (χ2v) is 8.57. The third kappa shape index (κ3) is 5.43. The van der Waals surface area contributed by atoms with Crippen LogP contribution in [0.25, 0.3) is 0 Å². The fourth-order valence-corrected chi connectivity index (χ4v) is 3.67. The molecule has 0 spiro atoms. The van der Waals surface area contributed by atoms with Crippen LogP contribution in [0.2, 0.25) is 0 Å². The van der Waals surface area contributed by atoms with E-state index in [2.05, 4.69) is 32.9 Å². The molecule has 0 fully saturated rings. The second-order valence-electron chi connectivity index (χ2n) is 8.57. The number of fused-ring (bicyclic) bond motifs is 1. The van der Waals surface area contributed by atoms with Gasteiger partial charge in [0, 0.05) is 24.5 Å². The maximum Gasteiger partial charge on any atom is 0.303 e. The summed E-state index contributed by atoms with van der Waals surface area (Å²) in [6, 6.07) is 9.88. The van der Waals surface area contributed by atoms with Gasteiger partial charge in [0.15, 0.2) is 0 Å². The fourth-order valence-electron chi connectivity index (χ4n) is 3.67. The van der Waals surface area contributed by atoms with E-state index >= 15 is 0 Å². The highest BCUT2D eigenvalue weighted by atomic mass is 16.5. The van der Waals surface area contributed by atoms with Crippen molar-refractivity contribution in [1.29, 1.82) is 0 Å². The Morgan fingerprint density at radius 1 is 1.21 bits per heavy atom. The van der Waals surface area contributed by atoms with Crippen molar-refractivity contribution < 1.29 is 24.1 Å². The van der Waals surface area contributed by atoms with Crippen molar-refractivity contribution in [2.45, 2.75) is 72.2 Å². The lowest BCUT2D eigenvalue weighted by Gasteiger charge is -2.19. The number of carbonyl (C=O) groups is 1. The van der Waals surface area contributed by atoms with Gasteiger partial charge in [-0.15, -0.1) is 0 Å². The fraction of sp³-hybridized carbons (Fsp3) is 0.458. The maximum absolute atomic E-state index is 10.9. The lowest BCUT2D eigenvalue weighted by molar-refractivity contribution is -0.136. The van der Waals surface area contributed by atoms with Gasteiger partial charge in [-0.1, -0.05) is 17.7 Å². The quantitative estimate of drug-likeness (QED) is 0.671. The first kappa shape index (κ1) is 21.0. The third-order valence-corrected chi connectivity index (χ3v) is 4.79. The molecule has 0 unspecified atom stereocenters. The lowest BCUT2D eigenvalue weighted by Crippen LogP contribution is -2.25. The van der Waals surface area contributed by atoms with Crippen LogP contribution in [0.5, 0.6) is 17.2 Å². The number of hydrogen-bond acceptors (Lipinski definition) is 4. The van der Waals surface area contributed by atoms with Gasteiger partial charge in [0.05, 0.1) is 6.10 Å². The van der Waals surface area contributed by atoms with Crippen LogP contribution in [0.1, 0.15) is 56.4 Å². The zero-order valence-corrected chi connectivity index (χ0v) is 17.9. The molecule has 3 rings (SSSR count). The molecular formula is C24H30O5. The predicted molar refractivity (Wildman–Crippen MR) is 112 cm³/mol. The topological polar surface area (TPSA) is 65.0 Å². The lowest BCUT2D eigenvalue weighted by atomic mass is 9.99. The van der Waals surface area contributed by atoms with Crippen molar-refractivity contribution in [2.75, 3.05) is 0 Å². The van der Waals surface area contributed by atoms with Gasteiger partial charge < -0.3 is 19.3 Å². The molecule has 1 aliphatic heterocycles. The molecule has 0 saturated carbocycles. The summed E-state index contributed by atoms with van der Waals surface area (Å²) in [5, 5.41) is 8.97. The van der Waals surface area contributed by atoms with Crippen LogP contribution in [-0.2, 0) is 24.2 Å². The van der Waals surface area contributed by atoms with Crippen molar-refractivity contribution in [3.8, 4) is 17.2 Å². The summed E-state index contributed by atoms with van der Waals surface area (Å²) >= 11 is 0. The molecule has 1 N–H and O–H groups in total. The number of aryl methyl sites for hydroxylation is 2. The standard InChI is InChI=1S/C24H30O5/c1-15(2)28-21-12-20(8-6-17(21)7-9-22(25)26)27-14-19-11-16(3)10-18-13-24(4,5)29-23(18)19/h6,8,10-12,15H,7,9,13-14H2,1-5H3,(H,25,26). The Morgan fingerprint density at radius 3 is 2.66 bits per heavy atom. The number of ether oxygens (including phenoxy) is 3. The smallest absolute Gasteiger partial charge is 0.303 e. The third-order valence-electron chi connectivity index (χ3n) is 4.79. The molecule has 5 nitrogen and oxygen atoms in total. The monoisotopic (exact) mass is 398 g/mol. The molecule has 0 saturated heterocycles. The van der Waals surface area contributed by atoms with Gasteiger partial charge in [-0.2, -0.15) is 0 Å². The van der Waals surface area contributed by atoms with E-state index in [1.165, 1.54) is 11.1 Å². The van der Waals surface area contributed by atoms with E-state index in [9.17, 15) is 4.79 Å². The molecule has 1 aliphatic rings. The first-order chi connectivity index (χ1) is 13.6. The molecule has 29 heavy (non-hydrogen) atoms. The van der Waals surface area contributed by atoms with E-state index in [0.29, 0.717) is 24.5 Å². The highest BCUT2D eigenvalue weighted by molar-refractivity contribution is 5.67. The van der Waals surface area contributed by atoms with E-state index in [1.54, 1.807) is 0 Å². The zero-order chi connectivity index (χ0) is 21.2. The van der Waals surface area contributed by atoms with Gasteiger partial charge in [0.2, 0.25) is 0 Å². The molecule has 0 aliphatic carbocycles. The van der Waals surface area contributed by atoms with Crippen LogP contribution < -0.4 is 14.2 Å². The SMILES string of the molecule is Cc1cc(COc2ccc(CCC(=O)O)c(OC(C)C)c2)c2c(c1)CC(C)(C)O2. The molecule has 0 amide bonds. The maximum atomic E-state index is 10.9. The predicted octanol–water partition coefficient (Wildman–Crippen LogP) is 5.09. The molecule has 2 aromatic rings. The normalized spacial score (nSPS) is 14.4. The van der Waals surface area contributed by atoms with Crippen molar-refractivity contribution in [3.63, 3.8) is 0 Å². The minimum atomic E-state index is -0.822. The largest absolute Gasteiger partial charge is 0.491 e. The van der Waals surface area contributed by atoms with Gasteiger partial charge in [-0.3, -0.25) is 4.79 Å². The first-order valence-electron chi connectivity index (χ1n) is 10.1. The Bertz CT molecular complexity index is 898. The molecule has 0 bridgehead atoms. The summed E-state index contributed by atoms with van der Waals surface area (Å²) in [4.78, 5) is 10.9. The molecular weight excluding hydrogens is 368 g/mol. The highest BCUT2D eigenvalue weighted by Gasteiger charge is 2.32. The van der Waals surface area contributed by atoms with E-state index in [4.69, 9.17) is 19.3 Å². The van der Waals surface area contributed by atoms with Crippen LogP contribution in [0.15, 0.2) is 30.3 Å². The summed E-state index contributed by atoms with van der Waals surface area (Å²) in [5.74, 6) is 1.47. The van der Waals surface area contributed by atoms with Crippen LogP contribution in [0, 0.1) is 6.92 Å². The molecule has 1 heterocycles. The van der Waals surface area contributed by atoms with E-state index < -0.39 is 5.97 Å². The van der Waals surface area contributed by atoms with Gasteiger partial charge in [0.25, 0.3) is 0 Å². The molecule has 0 aromatic heterocycles. The van der Waals surface area contributed by atoms with E-state index in [0.717, 1.165) is 23.3 Å². The molecule has 0 atom stereocenters. The van der Waals surface area contributed by atoms with E-state index in [1.807, 2.05) is 32.0 Å².